The van der Waals surface area contributed by atoms with Gasteiger partial charge < -0.3 is 13.9 Å². The standard InChI is InChI=1S/C32H20Br3Cl2N3O4/c1-2-42-26-13-19(28(35)29(37)30(26)43-16-17-7-8-20(33)14-23(17)34)15-38-40-31(39-24-6-4-3-5-22(24)32(40)41)27-12-18-11-21(36)9-10-25(18)44-27/h3-15H,2,16H2,1H3. The van der Waals surface area contributed by atoms with Crippen LogP contribution in [-0.2, 0) is 6.61 Å². The molecule has 2 aromatic heterocycles. The number of benzene rings is 4. The number of ether oxygens (including phenoxy) is 2. The lowest BCUT2D eigenvalue weighted by Crippen LogP contribution is -2.20. The Bertz CT molecular complexity index is 2150. The predicted octanol–water partition coefficient (Wildman–Crippen LogP) is 10.3. The third-order valence-electron chi connectivity index (χ3n) is 6.61. The van der Waals surface area contributed by atoms with Crippen LogP contribution in [0.5, 0.6) is 11.5 Å². The highest BCUT2D eigenvalue weighted by atomic mass is 79.9. The summed E-state index contributed by atoms with van der Waals surface area (Å²) in [6, 6.07) is 21.7. The summed E-state index contributed by atoms with van der Waals surface area (Å²) >= 11 is 23.6. The molecule has 7 nitrogen and oxygen atoms in total. The van der Waals surface area contributed by atoms with Crippen LogP contribution in [0.4, 0.5) is 0 Å². The van der Waals surface area contributed by atoms with Gasteiger partial charge in [-0.05, 0) is 77.5 Å². The van der Waals surface area contributed by atoms with Crippen LogP contribution >= 0.6 is 71.0 Å². The minimum atomic E-state index is -0.368. The van der Waals surface area contributed by atoms with Gasteiger partial charge in [0.25, 0.3) is 5.56 Å². The normalized spacial score (nSPS) is 11.6. The Kier molecular flexibility index (Phi) is 9.16. The Hall–Kier alpha value is -3.15. The number of hydrogen-bond acceptors (Lipinski definition) is 6. The molecule has 12 heteroatoms. The van der Waals surface area contributed by atoms with Gasteiger partial charge in [0, 0.05) is 35.0 Å². The van der Waals surface area contributed by atoms with Crippen molar-refractivity contribution in [3.63, 3.8) is 0 Å². The van der Waals surface area contributed by atoms with Crippen molar-refractivity contribution in [1.29, 1.82) is 0 Å². The first-order chi connectivity index (χ1) is 21.2. The van der Waals surface area contributed by atoms with Crippen molar-refractivity contribution < 1.29 is 13.9 Å². The molecule has 44 heavy (non-hydrogen) atoms. The molecular weight excluding hydrogens is 801 g/mol. The summed E-state index contributed by atoms with van der Waals surface area (Å²) in [7, 11) is 0. The maximum absolute atomic E-state index is 13.7. The molecule has 6 aromatic rings. The van der Waals surface area contributed by atoms with Gasteiger partial charge in [0.1, 0.15) is 17.2 Å². The number of halogens is 5. The molecule has 0 amide bonds. The maximum atomic E-state index is 13.7. The largest absolute Gasteiger partial charge is 0.490 e. The van der Waals surface area contributed by atoms with Crippen LogP contribution in [0.15, 0.2) is 101 Å². The third-order valence-corrected chi connectivity index (χ3v) is 9.52. The van der Waals surface area contributed by atoms with Crippen molar-refractivity contribution in [1.82, 2.24) is 9.66 Å². The summed E-state index contributed by atoms with van der Waals surface area (Å²) in [6.07, 6.45) is 1.51. The molecule has 222 valence electrons. The number of aromatic nitrogens is 2. The molecule has 0 aliphatic rings. The van der Waals surface area contributed by atoms with E-state index >= 15 is 0 Å². The van der Waals surface area contributed by atoms with Gasteiger partial charge in [-0.3, -0.25) is 4.79 Å². The fraction of sp³-hybridized carbons (Fsp3) is 0.0938. The molecule has 0 aliphatic carbocycles. The molecule has 0 saturated carbocycles. The van der Waals surface area contributed by atoms with Crippen LogP contribution in [0.3, 0.4) is 0 Å². The second-order valence-electron chi connectivity index (χ2n) is 9.49. The lowest BCUT2D eigenvalue weighted by atomic mass is 10.2. The first-order valence-electron chi connectivity index (χ1n) is 13.2. The van der Waals surface area contributed by atoms with Crippen LogP contribution in [0.1, 0.15) is 18.1 Å². The summed E-state index contributed by atoms with van der Waals surface area (Å²) in [6.45, 7) is 2.49. The minimum absolute atomic E-state index is 0.226. The van der Waals surface area contributed by atoms with E-state index in [1.54, 1.807) is 48.5 Å². The average Bonchev–Trinajstić information content (AvgIpc) is 3.43. The van der Waals surface area contributed by atoms with E-state index in [0.717, 1.165) is 19.9 Å². The van der Waals surface area contributed by atoms with E-state index < -0.39 is 0 Å². The molecule has 0 fully saturated rings. The lowest BCUT2D eigenvalue weighted by molar-refractivity contribution is 0.269. The summed E-state index contributed by atoms with van der Waals surface area (Å²) in [5.74, 6) is 1.38. The van der Waals surface area contributed by atoms with E-state index in [2.05, 4.69) is 52.9 Å². The molecule has 0 spiro atoms. The van der Waals surface area contributed by atoms with Gasteiger partial charge in [-0.15, -0.1) is 0 Å². The summed E-state index contributed by atoms with van der Waals surface area (Å²) < 4.78 is 21.7. The van der Waals surface area contributed by atoms with Gasteiger partial charge in [0.15, 0.2) is 17.3 Å². The molecule has 0 unspecified atom stereocenters. The van der Waals surface area contributed by atoms with E-state index in [1.807, 2.05) is 31.2 Å². The zero-order chi connectivity index (χ0) is 31.0. The highest BCUT2D eigenvalue weighted by Crippen LogP contribution is 2.43. The van der Waals surface area contributed by atoms with Gasteiger partial charge in [0.05, 0.1) is 23.7 Å². The maximum Gasteiger partial charge on any atom is 0.282 e. The van der Waals surface area contributed by atoms with E-state index in [1.165, 1.54) is 10.9 Å². The van der Waals surface area contributed by atoms with Crippen molar-refractivity contribution in [2.24, 2.45) is 5.10 Å². The molecule has 0 N–H and O–H groups in total. The molecule has 0 aliphatic heterocycles. The highest BCUT2D eigenvalue weighted by molar-refractivity contribution is 9.11. The van der Waals surface area contributed by atoms with Crippen molar-refractivity contribution in [2.75, 3.05) is 6.61 Å². The SMILES string of the molecule is CCOc1cc(C=Nn2c(-c3cc4cc(Cl)ccc4o3)nc3ccccc3c2=O)c(Br)c(Cl)c1OCc1ccc(Br)cc1Br. The predicted molar refractivity (Wildman–Crippen MR) is 186 cm³/mol. The smallest absolute Gasteiger partial charge is 0.282 e. The molecule has 0 atom stereocenters. The lowest BCUT2D eigenvalue weighted by Gasteiger charge is -2.16. The van der Waals surface area contributed by atoms with Crippen LogP contribution in [0, 0.1) is 0 Å². The van der Waals surface area contributed by atoms with Crippen molar-refractivity contribution in [3.05, 3.63) is 118 Å². The molecular formula is C32H20Br3Cl2N3O4. The topological polar surface area (TPSA) is 78.9 Å². The number of furan rings is 1. The van der Waals surface area contributed by atoms with Crippen molar-refractivity contribution in [3.8, 4) is 23.1 Å². The number of fused-ring (bicyclic) bond motifs is 2. The Morgan fingerprint density at radius 1 is 1.00 bits per heavy atom. The Balaban J connectivity index is 1.43. The van der Waals surface area contributed by atoms with Crippen LogP contribution in [0.2, 0.25) is 10.0 Å². The van der Waals surface area contributed by atoms with E-state index in [-0.39, 0.29) is 18.0 Å². The summed E-state index contributed by atoms with van der Waals surface area (Å²) in [4.78, 5) is 18.5. The van der Waals surface area contributed by atoms with E-state index in [0.29, 0.717) is 60.4 Å². The molecule has 0 bridgehead atoms. The Morgan fingerprint density at radius 2 is 1.82 bits per heavy atom. The third kappa shape index (κ3) is 6.19. The fourth-order valence-corrected chi connectivity index (χ4v) is 6.51. The minimum Gasteiger partial charge on any atom is -0.490 e. The summed E-state index contributed by atoms with van der Waals surface area (Å²) in [5, 5.41) is 6.61. The molecule has 2 heterocycles. The van der Waals surface area contributed by atoms with Crippen LogP contribution in [0.25, 0.3) is 33.5 Å². The zero-order valence-electron chi connectivity index (χ0n) is 22.8. The fourth-order valence-electron chi connectivity index (χ4n) is 4.52. The second-order valence-corrected chi connectivity index (χ2v) is 12.9. The summed E-state index contributed by atoms with van der Waals surface area (Å²) in [5.41, 5.74) is 2.23. The number of para-hydroxylation sites is 1. The second kappa shape index (κ2) is 13.1. The Morgan fingerprint density at radius 3 is 2.61 bits per heavy atom. The van der Waals surface area contributed by atoms with E-state index in [9.17, 15) is 4.79 Å². The molecule has 4 aromatic carbocycles. The van der Waals surface area contributed by atoms with Crippen molar-refractivity contribution in [2.45, 2.75) is 13.5 Å². The van der Waals surface area contributed by atoms with Crippen LogP contribution < -0.4 is 15.0 Å². The van der Waals surface area contributed by atoms with E-state index in [4.69, 9.17) is 42.1 Å². The zero-order valence-corrected chi connectivity index (χ0v) is 29.1. The van der Waals surface area contributed by atoms with Crippen molar-refractivity contribution >= 4 is 99.1 Å². The van der Waals surface area contributed by atoms with Gasteiger partial charge in [-0.1, -0.05) is 73.3 Å². The quantitative estimate of drug-likeness (QED) is 0.143. The molecule has 0 radical (unpaired) electrons. The Labute approximate surface area is 286 Å². The van der Waals surface area contributed by atoms with Gasteiger partial charge in [-0.25, -0.2) is 4.98 Å². The number of hydrogen-bond donors (Lipinski definition) is 0. The highest BCUT2D eigenvalue weighted by Gasteiger charge is 2.20. The molecule has 6 rings (SSSR count). The first kappa shape index (κ1) is 30.9. The number of rotatable bonds is 8. The monoisotopic (exact) mass is 817 g/mol. The average molecular weight is 821 g/mol. The van der Waals surface area contributed by atoms with Gasteiger partial charge >= 0.3 is 0 Å². The van der Waals surface area contributed by atoms with Gasteiger partial charge in [0.2, 0.25) is 5.82 Å². The molecule has 0 saturated heterocycles. The number of nitrogens with zero attached hydrogens (tertiary/aromatic N) is 3. The van der Waals surface area contributed by atoms with Gasteiger partial charge in [-0.2, -0.15) is 9.78 Å². The first-order valence-corrected chi connectivity index (χ1v) is 16.3. The van der Waals surface area contributed by atoms with Crippen LogP contribution in [-0.4, -0.2) is 22.5 Å².